The fraction of sp³-hybridized carbons (Fsp3) is 0.938. The van der Waals surface area contributed by atoms with Crippen LogP contribution in [-0.2, 0) is 29.2 Å². The molecule has 0 aliphatic heterocycles. The van der Waals surface area contributed by atoms with Crippen molar-refractivity contribution in [2.75, 3.05) is 13.2 Å². The van der Waals surface area contributed by atoms with Gasteiger partial charge < -0.3 is 9.47 Å². The van der Waals surface area contributed by atoms with Gasteiger partial charge in [-0.3, -0.25) is 14.1 Å². The molecular formula is C32H63NaO7S. The fourth-order valence-electron chi connectivity index (χ4n) is 4.86. The van der Waals surface area contributed by atoms with Crippen LogP contribution >= 0.6 is 0 Å². The topological polar surface area (TPSA) is 107 Å². The van der Waals surface area contributed by atoms with Crippen molar-refractivity contribution in [3.8, 4) is 0 Å². The van der Waals surface area contributed by atoms with Crippen LogP contribution in [0.25, 0.3) is 0 Å². The zero-order valence-electron chi connectivity index (χ0n) is 26.0. The van der Waals surface area contributed by atoms with Crippen molar-refractivity contribution < 1.29 is 32.0 Å². The molecule has 0 saturated heterocycles. The first kappa shape index (κ1) is 43.0. The standard InChI is InChI=1S/C32H62O7S.Na.H/c1-3-5-7-9-11-13-15-17-19-21-23-25-27-38-31(33)29-30(40(35,36)37)32(34)39-28-26-24-22-20-18-16-14-12-10-8-6-4-2;;/h30H,3-29H2,1-2H3,(H,35,36,37);;. The van der Waals surface area contributed by atoms with Gasteiger partial charge in [-0.15, -0.1) is 0 Å². The number of hydrogen-bond acceptors (Lipinski definition) is 6. The third-order valence-corrected chi connectivity index (χ3v) is 8.56. The average molecular weight is 615 g/mol. The molecule has 1 atom stereocenters. The quantitative estimate of drug-likeness (QED) is 0.0374. The summed E-state index contributed by atoms with van der Waals surface area (Å²) < 4.78 is 43.0. The van der Waals surface area contributed by atoms with Crippen LogP contribution in [0.4, 0.5) is 0 Å². The second kappa shape index (κ2) is 31.3. The molecule has 1 unspecified atom stereocenters. The Bertz CT molecular complexity index is 700. The predicted octanol–water partition coefficient (Wildman–Crippen LogP) is 8.47. The van der Waals surface area contributed by atoms with Gasteiger partial charge in [-0.05, 0) is 12.8 Å². The molecule has 0 bridgehead atoms. The Labute approximate surface area is 275 Å². The molecule has 0 rings (SSSR count). The second-order valence-corrected chi connectivity index (χ2v) is 13.0. The van der Waals surface area contributed by atoms with Crippen LogP contribution in [0.3, 0.4) is 0 Å². The van der Waals surface area contributed by atoms with Crippen LogP contribution < -0.4 is 0 Å². The van der Waals surface area contributed by atoms with Gasteiger partial charge in [0.1, 0.15) is 0 Å². The van der Waals surface area contributed by atoms with Gasteiger partial charge in [0.15, 0.2) is 5.25 Å². The van der Waals surface area contributed by atoms with E-state index in [0.29, 0.717) is 12.8 Å². The summed E-state index contributed by atoms with van der Waals surface area (Å²) in [7, 11) is -4.76. The number of esters is 2. The summed E-state index contributed by atoms with van der Waals surface area (Å²) in [5, 5.41) is -1.93. The van der Waals surface area contributed by atoms with Crippen molar-refractivity contribution in [2.45, 2.75) is 180 Å². The molecular weight excluding hydrogens is 551 g/mol. The molecule has 0 aromatic heterocycles. The van der Waals surface area contributed by atoms with Crippen LogP contribution in [0.2, 0.25) is 0 Å². The van der Waals surface area contributed by atoms with E-state index in [1.807, 2.05) is 0 Å². The van der Waals surface area contributed by atoms with Crippen molar-refractivity contribution in [1.29, 1.82) is 0 Å². The minimum atomic E-state index is -4.76. The summed E-state index contributed by atoms with van der Waals surface area (Å²) in [6, 6.07) is 0. The molecule has 0 aromatic rings. The third-order valence-electron chi connectivity index (χ3n) is 7.48. The molecule has 0 spiro atoms. The Morgan fingerprint density at radius 3 is 1.15 bits per heavy atom. The molecule has 0 saturated carbocycles. The van der Waals surface area contributed by atoms with Crippen LogP contribution in [0, 0.1) is 0 Å². The van der Waals surface area contributed by atoms with E-state index in [1.165, 1.54) is 109 Å². The summed E-state index contributed by atoms with van der Waals surface area (Å²) in [6.07, 6.45) is 27.6. The van der Waals surface area contributed by atoms with E-state index < -0.39 is 33.7 Å². The average Bonchev–Trinajstić information content (AvgIpc) is 2.91. The Morgan fingerprint density at radius 2 is 0.829 bits per heavy atom. The van der Waals surface area contributed by atoms with E-state index in [9.17, 15) is 22.6 Å². The molecule has 0 fully saturated rings. The predicted molar refractivity (Wildman–Crippen MR) is 171 cm³/mol. The first-order valence-electron chi connectivity index (χ1n) is 16.6. The van der Waals surface area contributed by atoms with Crippen molar-refractivity contribution in [2.24, 2.45) is 0 Å². The fourth-order valence-corrected chi connectivity index (χ4v) is 5.52. The molecule has 0 aromatic carbocycles. The van der Waals surface area contributed by atoms with Crippen molar-refractivity contribution in [3.05, 3.63) is 0 Å². The normalized spacial score (nSPS) is 12.1. The van der Waals surface area contributed by atoms with Crippen LogP contribution in [0.1, 0.15) is 174 Å². The maximum absolute atomic E-state index is 12.2. The van der Waals surface area contributed by atoms with Gasteiger partial charge >= 0.3 is 41.5 Å². The van der Waals surface area contributed by atoms with Crippen LogP contribution in [-0.4, -0.2) is 72.9 Å². The van der Waals surface area contributed by atoms with Gasteiger partial charge in [-0.25, -0.2) is 0 Å². The zero-order chi connectivity index (χ0) is 29.7. The molecule has 0 aliphatic carbocycles. The first-order valence-corrected chi connectivity index (χ1v) is 18.1. The van der Waals surface area contributed by atoms with E-state index in [2.05, 4.69) is 13.8 Å². The molecule has 0 amide bonds. The molecule has 9 heteroatoms. The molecule has 1 N–H and O–H groups in total. The van der Waals surface area contributed by atoms with Crippen molar-refractivity contribution in [3.63, 3.8) is 0 Å². The Balaban J connectivity index is 0. The van der Waals surface area contributed by atoms with E-state index in [0.717, 1.165) is 32.1 Å². The van der Waals surface area contributed by atoms with Crippen LogP contribution in [0.5, 0.6) is 0 Å². The Kier molecular flexibility index (Phi) is 32.8. The van der Waals surface area contributed by atoms with Crippen molar-refractivity contribution in [1.82, 2.24) is 0 Å². The number of hydrogen-bond donors (Lipinski definition) is 1. The van der Waals surface area contributed by atoms with E-state index in [1.54, 1.807) is 0 Å². The van der Waals surface area contributed by atoms with Crippen molar-refractivity contribution >= 4 is 51.6 Å². The SMILES string of the molecule is CCCCCCCCCCCCCCOC(=O)CC(C(=O)OCCCCCCCCCCCCCC)S(=O)(=O)O.[NaH]. The number of carbonyl (C=O) groups is 2. The number of carbonyl (C=O) groups excluding carboxylic acids is 2. The van der Waals surface area contributed by atoms with Gasteiger partial charge in [0, 0.05) is 0 Å². The second-order valence-electron chi connectivity index (χ2n) is 11.4. The summed E-state index contributed by atoms with van der Waals surface area (Å²) in [4.78, 5) is 24.3. The number of ether oxygens (including phenoxy) is 2. The monoisotopic (exact) mass is 614 g/mol. The zero-order valence-corrected chi connectivity index (χ0v) is 26.8. The van der Waals surface area contributed by atoms with E-state index in [4.69, 9.17) is 9.47 Å². The molecule has 0 heterocycles. The summed E-state index contributed by atoms with van der Waals surface area (Å²) in [6.45, 7) is 4.72. The van der Waals surface area contributed by atoms with E-state index >= 15 is 0 Å². The summed E-state index contributed by atoms with van der Waals surface area (Å²) >= 11 is 0. The molecule has 0 aliphatic rings. The minimum absolute atomic E-state index is 0. The van der Waals surface area contributed by atoms with Gasteiger partial charge in [-0.2, -0.15) is 8.42 Å². The molecule has 41 heavy (non-hydrogen) atoms. The van der Waals surface area contributed by atoms with E-state index in [-0.39, 0.29) is 42.8 Å². The number of unbranched alkanes of at least 4 members (excludes halogenated alkanes) is 22. The number of rotatable bonds is 30. The van der Waals surface area contributed by atoms with Gasteiger partial charge in [0.05, 0.1) is 19.6 Å². The van der Waals surface area contributed by atoms with Gasteiger partial charge in [0.25, 0.3) is 10.1 Å². The van der Waals surface area contributed by atoms with Crippen LogP contribution in [0.15, 0.2) is 0 Å². The Hall–Kier alpha value is -0.150. The summed E-state index contributed by atoms with van der Waals surface area (Å²) in [5.74, 6) is -1.90. The van der Waals surface area contributed by atoms with Gasteiger partial charge in [0.2, 0.25) is 0 Å². The van der Waals surface area contributed by atoms with Gasteiger partial charge in [-0.1, -0.05) is 155 Å². The summed E-state index contributed by atoms with van der Waals surface area (Å²) in [5.41, 5.74) is 0. The first-order chi connectivity index (χ1) is 19.3. The maximum atomic E-state index is 12.2. The molecule has 240 valence electrons. The Morgan fingerprint density at radius 1 is 0.537 bits per heavy atom. The third kappa shape index (κ3) is 29.7. The molecule has 0 radical (unpaired) electrons. The molecule has 7 nitrogen and oxygen atoms in total.